The zero-order valence-corrected chi connectivity index (χ0v) is 31.7. The van der Waals surface area contributed by atoms with Crippen LogP contribution in [0.3, 0.4) is 0 Å². The number of rotatable bonds is 8. The molecule has 6 nitrogen and oxygen atoms in total. The summed E-state index contributed by atoms with van der Waals surface area (Å²) in [6.07, 6.45) is 0. The summed E-state index contributed by atoms with van der Waals surface area (Å²) in [5.74, 6) is 1.06. The fourth-order valence-corrected chi connectivity index (χ4v) is 7.46. The maximum atomic E-state index is 12.2. The standard InChI is InChI=1S/2C12H11O2PS.2C8H11N/c2*13-15(16,12-9-5-2-6-10-12)14-11-7-3-1-4-8-11;2*1-7(9)8-5-3-2-4-6-8/h2*1-10H,(H,13,16);2*2-7H,9H2,1H3/t;;2*7-/m..11/s1. The van der Waals surface area contributed by atoms with E-state index in [2.05, 4.69) is 49.6 Å². The van der Waals surface area contributed by atoms with Crippen LogP contribution in [-0.2, 0) is 28.6 Å². The molecule has 0 amide bonds. The predicted molar refractivity (Wildman–Crippen MR) is 211 cm³/mol. The molecular formula is C40H44N2O4P2S2. The van der Waals surface area contributed by atoms with Crippen LogP contribution in [0.2, 0.25) is 0 Å². The highest BCUT2D eigenvalue weighted by atomic mass is 32.7. The van der Waals surface area contributed by atoms with Crippen molar-refractivity contribution in [1.29, 1.82) is 0 Å². The Labute approximate surface area is 306 Å². The van der Waals surface area contributed by atoms with Gasteiger partial charge in [0.15, 0.2) is 6.57 Å². The van der Waals surface area contributed by atoms with Gasteiger partial charge in [-0.3, -0.25) is 0 Å². The molecule has 6 aromatic rings. The van der Waals surface area contributed by atoms with Gasteiger partial charge in [0.05, 0.1) is 6.49 Å². The second kappa shape index (κ2) is 21.3. The lowest BCUT2D eigenvalue weighted by Gasteiger charge is -2.28. The maximum absolute atomic E-state index is 12.2. The summed E-state index contributed by atoms with van der Waals surface area (Å²) in [6, 6.07) is 57.1. The van der Waals surface area contributed by atoms with E-state index in [0.29, 0.717) is 34.2 Å². The van der Waals surface area contributed by atoms with Crippen LogP contribution in [0, 0.1) is 0 Å². The van der Waals surface area contributed by atoms with Crippen LogP contribution < -0.4 is 36.0 Å². The zero-order valence-electron chi connectivity index (χ0n) is 28.2. The number of hydrogen-bond acceptors (Lipinski definition) is 6. The quantitative estimate of drug-likeness (QED) is 0.126. The van der Waals surface area contributed by atoms with E-state index >= 15 is 0 Å². The first-order valence-corrected chi connectivity index (χ1v) is 21.2. The van der Waals surface area contributed by atoms with Gasteiger partial charge in [0.25, 0.3) is 0 Å². The molecule has 0 aliphatic rings. The Balaban J connectivity index is 0.000000187. The normalized spacial score (nSPS) is 13.7. The third-order valence-electron chi connectivity index (χ3n) is 6.82. The fraction of sp³-hybridized carbons (Fsp3) is 0.100. The summed E-state index contributed by atoms with van der Waals surface area (Å²) in [5.41, 5.74) is 10.4. The molecule has 0 bridgehead atoms. The largest absolute Gasteiger partial charge is 0.788 e. The van der Waals surface area contributed by atoms with Crippen LogP contribution in [0.25, 0.3) is 0 Å². The van der Waals surface area contributed by atoms with Gasteiger partial charge in [0.1, 0.15) is 23.6 Å². The van der Waals surface area contributed by atoms with Gasteiger partial charge < -0.3 is 42.2 Å². The molecule has 6 N–H and O–H groups in total. The third kappa shape index (κ3) is 14.9. The average molecular weight is 743 g/mol. The molecule has 50 heavy (non-hydrogen) atoms. The van der Waals surface area contributed by atoms with Crippen LogP contribution in [0.5, 0.6) is 11.5 Å². The van der Waals surface area contributed by atoms with Gasteiger partial charge in [-0.05, 0) is 38.1 Å². The molecular weight excluding hydrogens is 699 g/mol. The van der Waals surface area contributed by atoms with E-state index in [1.807, 2.05) is 84.9 Å². The van der Waals surface area contributed by atoms with Gasteiger partial charge in [0.2, 0.25) is 0 Å². The van der Waals surface area contributed by atoms with Crippen molar-refractivity contribution in [2.45, 2.75) is 25.9 Å². The Morgan fingerprint density at radius 2 is 0.800 bits per heavy atom. The summed E-state index contributed by atoms with van der Waals surface area (Å²) >= 11 is 10.1. The SMILES string of the molecule is C[C@@H]([NH3+])c1ccccc1.C[C@@H]([NH3+])c1ccccc1.O=P([S-])(Oc1ccccc1)c1ccccc1.[O-]P(=S)(Oc1ccccc1)c1ccccc1. The molecule has 6 rings (SSSR count). The van der Waals surface area contributed by atoms with E-state index in [0.717, 1.165) is 0 Å². The molecule has 4 atom stereocenters. The molecule has 6 aromatic carbocycles. The second-order valence-electron chi connectivity index (χ2n) is 11.1. The van der Waals surface area contributed by atoms with Crippen molar-refractivity contribution in [1.82, 2.24) is 0 Å². The van der Waals surface area contributed by atoms with Crippen molar-refractivity contribution >= 4 is 47.7 Å². The lowest BCUT2D eigenvalue weighted by molar-refractivity contribution is -0.420. The second-order valence-corrected chi connectivity index (χ2v) is 17.4. The Bertz CT molecular complexity index is 1730. The van der Waals surface area contributed by atoms with Crippen LogP contribution in [0.4, 0.5) is 0 Å². The van der Waals surface area contributed by atoms with Crippen LogP contribution >= 0.6 is 13.1 Å². The van der Waals surface area contributed by atoms with Crippen molar-refractivity contribution in [2.24, 2.45) is 0 Å². The van der Waals surface area contributed by atoms with Crippen molar-refractivity contribution in [3.8, 4) is 11.5 Å². The number of hydrogen-bond donors (Lipinski definition) is 2. The molecule has 0 heterocycles. The van der Waals surface area contributed by atoms with Crippen LogP contribution in [0.15, 0.2) is 182 Å². The van der Waals surface area contributed by atoms with Gasteiger partial charge in [-0.2, -0.15) is 0 Å². The molecule has 0 radical (unpaired) electrons. The first-order valence-electron chi connectivity index (χ1n) is 16.0. The Morgan fingerprint density at radius 3 is 1.12 bits per heavy atom. The third-order valence-corrected chi connectivity index (χ3v) is 11.3. The zero-order chi connectivity index (χ0) is 36.2. The summed E-state index contributed by atoms with van der Waals surface area (Å²) in [5, 5.41) is 1.10. The molecule has 0 aliphatic carbocycles. The highest BCUT2D eigenvalue weighted by Crippen LogP contribution is 2.43. The molecule has 260 valence electrons. The minimum absolute atomic E-state index is 0.409. The van der Waals surface area contributed by atoms with Crippen molar-refractivity contribution in [3.63, 3.8) is 0 Å². The Hall–Kier alpha value is -3.97. The number of benzene rings is 6. The monoisotopic (exact) mass is 742 g/mol. The minimum Gasteiger partial charge on any atom is -0.788 e. The molecule has 10 heteroatoms. The Kier molecular flexibility index (Phi) is 17.2. The molecule has 2 unspecified atom stereocenters. The van der Waals surface area contributed by atoms with Crippen molar-refractivity contribution in [2.75, 3.05) is 0 Å². The van der Waals surface area contributed by atoms with E-state index in [-0.39, 0.29) is 0 Å². The minimum atomic E-state index is -3.18. The first kappa shape index (κ1) is 40.5. The fourth-order valence-electron chi connectivity index (χ4n) is 4.13. The molecule has 0 aliphatic heterocycles. The van der Waals surface area contributed by atoms with Crippen LogP contribution in [0.1, 0.15) is 37.1 Å². The van der Waals surface area contributed by atoms with Gasteiger partial charge >= 0.3 is 0 Å². The van der Waals surface area contributed by atoms with Gasteiger partial charge in [-0.1, -0.05) is 170 Å². The van der Waals surface area contributed by atoms with E-state index in [9.17, 15) is 9.46 Å². The first-order chi connectivity index (χ1) is 24.0. The van der Waals surface area contributed by atoms with Gasteiger partial charge in [-0.15, -0.1) is 0 Å². The van der Waals surface area contributed by atoms with E-state index in [1.54, 1.807) is 72.8 Å². The molecule has 0 saturated heterocycles. The van der Waals surface area contributed by atoms with E-state index in [1.165, 1.54) is 11.1 Å². The van der Waals surface area contributed by atoms with Crippen LogP contribution in [-0.4, -0.2) is 0 Å². The Morgan fingerprint density at radius 1 is 0.520 bits per heavy atom. The summed E-state index contributed by atoms with van der Waals surface area (Å²) in [4.78, 5) is 12.2. The maximum Gasteiger partial charge on any atom is 0.152 e. The molecule has 0 aromatic heterocycles. The average Bonchev–Trinajstić information content (AvgIpc) is 3.14. The summed E-state index contributed by atoms with van der Waals surface area (Å²) < 4.78 is 22.9. The number of para-hydroxylation sites is 2. The summed E-state index contributed by atoms with van der Waals surface area (Å²) in [7, 11) is 0. The lowest BCUT2D eigenvalue weighted by Crippen LogP contribution is -2.51. The highest BCUT2D eigenvalue weighted by molar-refractivity contribution is 8.37. The molecule has 0 fully saturated rings. The number of quaternary nitrogens is 2. The van der Waals surface area contributed by atoms with Crippen molar-refractivity contribution in [3.05, 3.63) is 193 Å². The highest BCUT2D eigenvalue weighted by Gasteiger charge is 2.11. The van der Waals surface area contributed by atoms with Gasteiger partial charge in [0, 0.05) is 21.7 Å². The van der Waals surface area contributed by atoms with E-state index < -0.39 is 13.1 Å². The van der Waals surface area contributed by atoms with E-state index in [4.69, 9.17) is 33.1 Å². The smallest absolute Gasteiger partial charge is 0.152 e. The van der Waals surface area contributed by atoms with Crippen molar-refractivity contribution < 1.29 is 30.0 Å². The predicted octanol–water partition coefficient (Wildman–Crippen LogP) is 7.17. The lowest BCUT2D eigenvalue weighted by atomic mass is 10.1. The molecule has 0 saturated carbocycles. The topological polar surface area (TPSA) is 114 Å². The van der Waals surface area contributed by atoms with Gasteiger partial charge in [-0.25, -0.2) is 0 Å². The molecule has 0 spiro atoms. The summed E-state index contributed by atoms with van der Waals surface area (Å²) in [6.45, 7) is -2.18.